The molecule has 0 saturated carbocycles. The van der Waals surface area contributed by atoms with Gasteiger partial charge in [-0.1, -0.05) is 23.4 Å². The van der Waals surface area contributed by atoms with E-state index in [9.17, 15) is 18.0 Å². The predicted molar refractivity (Wildman–Crippen MR) is 83.3 cm³/mol. The molecule has 0 aliphatic carbocycles. The topological polar surface area (TPSA) is 77.0 Å². The Morgan fingerprint density at radius 2 is 2.08 bits per heavy atom. The quantitative estimate of drug-likeness (QED) is 0.698. The van der Waals surface area contributed by atoms with E-state index in [2.05, 4.69) is 19.8 Å². The first kappa shape index (κ1) is 16.6. The Hall–Kier alpha value is -2.91. The highest BCUT2D eigenvalue weighted by Crippen LogP contribution is 2.32. The van der Waals surface area contributed by atoms with Crippen LogP contribution in [-0.2, 0) is 13.2 Å². The number of benzene rings is 1. The first-order valence-electron chi connectivity index (χ1n) is 7.96. The van der Waals surface area contributed by atoms with E-state index < -0.39 is 18.0 Å². The minimum absolute atomic E-state index is 0.0292. The number of fused-ring (bicyclic) bond motifs is 1. The van der Waals surface area contributed by atoms with Crippen LogP contribution >= 0.6 is 0 Å². The molecule has 0 bridgehead atoms. The van der Waals surface area contributed by atoms with Crippen LogP contribution in [0.4, 0.5) is 13.2 Å². The maximum atomic E-state index is 12.8. The van der Waals surface area contributed by atoms with Crippen LogP contribution in [0.3, 0.4) is 0 Å². The lowest BCUT2D eigenvalue weighted by Gasteiger charge is -2.14. The van der Waals surface area contributed by atoms with Crippen LogP contribution in [0.1, 0.15) is 34.5 Å². The van der Waals surface area contributed by atoms with Crippen LogP contribution in [-0.4, -0.2) is 43.8 Å². The molecule has 26 heavy (non-hydrogen) atoms. The molecule has 1 unspecified atom stereocenters. The molecule has 136 valence electrons. The molecule has 3 aromatic rings. The number of hydrogen-bond donors (Lipinski definition) is 0. The molecular formula is C16H14F3N5O2. The second-order valence-electron chi connectivity index (χ2n) is 6.18. The van der Waals surface area contributed by atoms with Gasteiger partial charge in [-0.05, 0) is 12.5 Å². The second kappa shape index (κ2) is 5.82. The standard InChI is InChI=1S/C16H14F3N5O2/c1-23-11-5-3-2-4-10(11)12(21-23)14(25)24-7-6-9(8-24)13-20-15(26-22-13)16(17,18)19/h2-5,9H,6-8H2,1H3. The number of amides is 1. The fourth-order valence-electron chi connectivity index (χ4n) is 3.19. The SMILES string of the molecule is Cn1nc(C(=O)N2CCC(c3noc(C(F)(F)F)n3)C2)c2ccccc21. The van der Waals surface area contributed by atoms with Gasteiger partial charge in [0.25, 0.3) is 5.91 Å². The van der Waals surface area contributed by atoms with Crippen molar-refractivity contribution in [2.45, 2.75) is 18.5 Å². The zero-order valence-corrected chi connectivity index (χ0v) is 13.7. The smallest absolute Gasteiger partial charge is 0.336 e. The summed E-state index contributed by atoms with van der Waals surface area (Å²) in [5.74, 6) is -2.05. The monoisotopic (exact) mass is 365 g/mol. The maximum Gasteiger partial charge on any atom is 0.471 e. The van der Waals surface area contributed by atoms with Gasteiger partial charge >= 0.3 is 12.1 Å². The fourth-order valence-corrected chi connectivity index (χ4v) is 3.19. The van der Waals surface area contributed by atoms with Crippen molar-refractivity contribution in [1.29, 1.82) is 0 Å². The summed E-state index contributed by atoms with van der Waals surface area (Å²) in [6.45, 7) is 0.616. The van der Waals surface area contributed by atoms with E-state index in [1.165, 1.54) is 0 Å². The van der Waals surface area contributed by atoms with Crippen LogP contribution in [0.15, 0.2) is 28.8 Å². The number of aromatic nitrogens is 4. The normalized spacial score (nSPS) is 18.0. The van der Waals surface area contributed by atoms with Crippen molar-refractivity contribution in [1.82, 2.24) is 24.8 Å². The van der Waals surface area contributed by atoms with E-state index in [0.717, 1.165) is 10.9 Å². The van der Waals surface area contributed by atoms with E-state index in [4.69, 9.17) is 0 Å². The van der Waals surface area contributed by atoms with E-state index >= 15 is 0 Å². The Morgan fingerprint density at radius 1 is 1.31 bits per heavy atom. The molecule has 4 rings (SSSR count). The second-order valence-corrected chi connectivity index (χ2v) is 6.18. The van der Waals surface area contributed by atoms with E-state index in [1.807, 2.05) is 24.3 Å². The number of aryl methyl sites for hydroxylation is 1. The van der Waals surface area contributed by atoms with Crippen molar-refractivity contribution in [3.05, 3.63) is 41.7 Å². The summed E-state index contributed by atoms with van der Waals surface area (Å²) in [6, 6.07) is 7.37. The van der Waals surface area contributed by atoms with Crippen LogP contribution < -0.4 is 0 Å². The van der Waals surface area contributed by atoms with Gasteiger partial charge in [-0.15, -0.1) is 0 Å². The summed E-state index contributed by atoms with van der Waals surface area (Å²) in [4.78, 5) is 17.8. The van der Waals surface area contributed by atoms with Crippen molar-refractivity contribution in [2.75, 3.05) is 13.1 Å². The summed E-state index contributed by atoms with van der Waals surface area (Å²) in [5, 5.41) is 8.46. The van der Waals surface area contributed by atoms with Crippen molar-refractivity contribution >= 4 is 16.8 Å². The number of rotatable bonds is 2. The molecular weight excluding hydrogens is 351 g/mol. The number of nitrogens with zero attached hydrogens (tertiary/aromatic N) is 5. The van der Waals surface area contributed by atoms with Crippen molar-refractivity contribution < 1.29 is 22.5 Å². The molecule has 1 fully saturated rings. The summed E-state index contributed by atoms with van der Waals surface area (Å²) >= 11 is 0. The average molecular weight is 365 g/mol. The molecule has 10 heteroatoms. The first-order valence-corrected chi connectivity index (χ1v) is 7.96. The van der Waals surface area contributed by atoms with Crippen molar-refractivity contribution in [3.8, 4) is 0 Å². The number of carbonyl (C=O) groups excluding carboxylic acids is 1. The van der Waals surface area contributed by atoms with E-state index in [1.54, 1.807) is 16.6 Å². The molecule has 7 nitrogen and oxygen atoms in total. The summed E-state index contributed by atoms with van der Waals surface area (Å²) in [6.07, 6.45) is -4.21. The summed E-state index contributed by atoms with van der Waals surface area (Å²) < 4.78 is 43.7. The highest BCUT2D eigenvalue weighted by Gasteiger charge is 2.40. The molecule has 0 spiro atoms. The molecule has 1 aliphatic heterocycles. The minimum atomic E-state index is -4.67. The van der Waals surface area contributed by atoms with Gasteiger partial charge in [0.2, 0.25) is 0 Å². The largest absolute Gasteiger partial charge is 0.471 e. The highest BCUT2D eigenvalue weighted by molar-refractivity contribution is 6.04. The summed E-state index contributed by atoms with van der Waals surface area (Å²) in [5.41, 5.74) is 1.16. The lowest BCUT2D eigenvalue weighted by Crippen LogP contribution is -2.29. The van der Waals surface area contributed by atoms with Crippen LogP contribution in [0.2, 0.25) is 0 Å². The molecule has 1 aliphatic rings. The molecule has 3 heterocycles. The first-order chi connectivity index (χ1) is 12.3. The number of likely N-dealkylation sites (tertiary alicyclic amines) is 1. The van der Waals surface area contributed by atoms with Gasteiger partial charge in [-0.25, -0.2) is 0 Å². The Labute approximate surface area is 145 Å². The molecule has 1 aromatic carbocycles. The lowest BCUT2D eigenvalue weighted by molar-refractivity contribution is -0.159. The molecule has 1 amide bonds. The zero-order valence-electron chi connectivity index (χ0n) is 13.7. The molecule has 1 saturated heterocycles. The van der Waals surface area contributed by atoms with Gasteiger partial charge in [0.1, 0.15) is 0 Å². The van der Waals surface area contributed by atoms with Crippen LogP contribution in [0, 0.1) is 0 Å². The minimum Gasteiger partial charge on any atom is -0.336 e. The van der Waals surface area contributed by atoms with E-state index in [0.29, 0.717) is 18.7 Å². The van der Waals surface area contributed by atoms with E-state index in [-0.39, 0.29) is 18.3 Å². The van der Waals surface area contributed by atoms with Gasteiger partial charge in [0.15, 0.2) is 11.5 Å². The maximum absolute atomic E-state index is 12.8. The molecule has 2 aromatic heterocycles. The van der Waals surface area contributed by atoms with Crippen molar-refractivity contribution in [3.63, 3.8) is 0 Å². The van der Waals surface area contributed by atoms with Gasteiger partial charge in [-0.3, -0.25) is 9.48 Å². The van der Waals surface area contributed by atoms with Gasteiger partial charge in [-0.2, -0.15) is 23.3 Å². The Balaban J connectivity index is 1.55. The van der Waals surface area contributed by atoms with Crippen molar-refractivity contribution in [2.24, 2.45) is 7.05 Å². The Kier molecular flexibility index (Phi) is 3.70. The number of carbonyl (C=O) groups is 1. The Bertz CT molecular complexity index is 978. The number of halogens is 3. The average Bonchev–Trinajstić information content (AvgIpc) is 3.32. The summed E-state index contributed by atoms with van der Waals surface area (Å²) in [7, 11) is 1.75. The molecule has 0 radical (unpaired) electrons. The number of alkyl halides is 3. The van der Waals surface area contributed by atoms with Crippen LogP contribution in [0.25, 0.3) is 10.9 Å². The van der Waals surface area contributed by atoms with Gasteiger partial charge in [0.05, 0.1) is 5.52 Å². The lowest BCUT2D eigenvalue weighted by atomic mass is 10.1. The number of hydrogen-bond acceptors (Lipinski definition) is 5. The predicted octanol–water partition coefficient (Wildman–Crippen LogP) is 2.60. The molecule has 1 atom stereocenters. The zero-order chi connectivity index (χ0) is 18.5. The third kappa shape index (κ3) is 2.71. The van der Waals surface area contributed by atoms with Crippen LogP contribution in [0.5, 0.6) is 0 Å². The highest BCUT2D eigenvalue weighted by atomic mass is 19.4. The van der Waals surface area contributed by atoms with Gasteiger partial charge < -0.3 is 9.42 Å². The fraction of sp³-hybridized carbons (Fsp3) is 0.375. The third-order valence-corrected chi connectivity index (χ3v) is 4.49. The molecule has 0 N–H and O–H groups in total. The van der Waals surface area contributed by atoms with Gasteiger partial charge in [0, 0.05) is 31.4 Å². The Morgan fingerprint density at radius 3 is 2.81 bits per heavy atom. The third-order valence-electron chi connectivity index (χ3n) is 4.49. The number of para-hydroxylation sites is 1.